The fourth-order valence-electron chi connectivity index (χ4n) is 1.46. The Morgan fingerprint density at radius 1 is 1.39 bits per heavy atom. The van der Waals surface area contributed by atoms with Crippen molar-refractivity contribution in [3.8, 4) is 11.3 Å². The maximum atomic E-state index is 10.7. The summed E-state index contributed by atoms with van der Waals surface area (Å²) in [6.45, 7) is 0. The van der Waals surface area contributed by atoms with E-state index >= 15 is 0 Å². The van der Waals surface area contributed by atoms with Gasteiger partial charge in [-0.1, -0.05) is 0 Å². The van der Waals surface area contributed by atoms with E-state index in [4.69, 9.17) is 10.8 Å². The molecule has 2 rings (SSSR count). The molecule has 92 valence electrons. The van der Waals surface area contributed by atoms with Gasteiger partial charge in [0.05, 0.1) is 5.69 Å². The first kappa shape index (κ1) is 12.1. The molecule has 1 atom stereocenters. The van der Waals surface area contributed by atoms with E-state index in [0.717, 1.165) is 5.56 Å². The molecule has 0 aliphatic carbocycles. The van der Waals surface area contributed by atoms with Gasteiger partial charge in [-0.05, 0) is 18.2 Å². The first-order valence-corrected chi connectivity index (χ1v) is 5.37. The summed E-state index contributed by atoms with van der Waals surface area (Å²) < 4.78 is 0. The minimum Gasteiger partial charge on any atom is -0.480 e. The third kappa shape index (κ3) is 2.86. The zero-order valence-electron chi connectivity index (χ0n) is 9.52. The van der Waals surface area contributed by atoms with Crippen LogP contribution in [-0.4, -0.2) is 32.1 Å². The van der Waals surface area contributed by atoms with Crippen LogP contribution in [0.5, 0.6) is 0 Å². The highest BCUT2D eigenvalue weighted by atomic mass is 16.4. The Morgan fingerprint density at radius 3 is 2.89 bits per heavy atom. The molecule has 0 bridgehead atoms. The number of pyridine rings is 1. The Bertz CT molecular complexity index is 545. The van der Waals surface area contributed by atoms with Crippen molar-refractivity contribution in [3.05, 3.63) is 42.6 Å². The number of carboxylic acid groups (broad SMARTS) is 1. The summed E-state index contributed by atoms with van der Waals surface area (Å²) in [7, 11) is 0. The monoisotopic (exact) mass is 244 g/mol. The summed E-state index contributed by atoms with van der Waals surface area (Å²) in [5, 5.41) is 8.74. The van der Waals surface area contributed by atoms with Crippen LogP contribution in [0.4, 0.5) is 0 Å². The molecule has 2 heterocycles. The topological polar surface area (TPSA) is 102 Å². The maximum absolute atomic E-state index is 10.7. The molecular formula is C12H12N4O2. The fourth-order valence-corrected chi connectivity index (χ4v) is 1.46. The average molecular weight is 244 g/mol. The molecule has 6 heteroatoms. The summed E-state index contributed by atoms with van der Waals surface area (Å²) >= 11 is 0. The number of aliphatic carboxylic acids is 1. The molecule has 0 saturated heterocycles. The lowest BCUT2D eigenvalue weighted by Gasteiger charge is -2.06. The normalized spacial score (nSPS) is 12.1. The molecular weight excluding hydrogens is 232 g/mol. The Kier molecular flexibility index (Phi) is 3.59. The molecule has 18 heavy (non-hydrogen) atoms. The molecule has 3 N–H and O–H groups in total. The lowest BCUT2D eigenvalue weighted by molar-refractivity contribution is -0.138. The van der Waals surface area contributed by atoms with E-state index in [0.29, 0.717) is 11.5 Å². The summed E-state index contributed by atoms with van der Waals surface area (Å²) in [5.74, 6) is -0.656. The zero-order chi connectivity index (χ0) is 13.0. The summed E-state index contributed by atoms with van der Waals surface area (Å²) in [6, 6.07) is 4.43. The van der Waals surface area contributed by atoms with Gasteiger partial charge in [-0.3, -0.25) is 9.78 Å². The first-order valence-electron chi connectivity index (χ1n) is 5.37. The van der Waals surface area contributed by atoms with Crippen molar-refractivity contribution in [1.29, 1.82) is 0 Å². The summed E-state index contributed by atoms with van der Waals surface area (Å²) in [5.41, 5.74) is 7.00. The predicted octanol–water partition coefficient (Wildman–Crippen LogP) is 0.493. The van der Waals surface area contributed by atoms with Gasteiger partial charge in [-0.2, -0.15) is 0 Å². The number of hydrogen-bond donors (Lipinski definition) is 2. The van der Waals surface area contributed by atoms with Crippen LogP contribution in [0.15, 0.2) is 36.8 Å². The van der Waals surface area contributed by atoms with Crippen molar-refractivity contribution in [2.45, 2.75) is 12.5 Å². The molecule has 0 aliphatic rings. The van der Waals surface area contributed by atoms with Crippen molar-refractivity contribution in [2.24, 2.45) is 5.73 Å². The quantitative estimate of drug-likeness (QED) is 0.811. The molecule has 0 saturated carbocycles. The number of rotatable bonds is 4. The van der Waals surface area contributed by atoms with Gasteiger partial charge >= 0.3 is 5.97 Å². The Hall–Kier alpha value is -2.34. The highest BCUT2D eigenvalue weighted by Gasteiger charge is 2.14. The molecule has 0 aromatic carbocycles. The van der Waals surface area contributed by atoms with Gasteiger partial charge in [-0.15, -0.1) is 0 Å². The molecule has 0 spiro atoms. The van der Waals surface area contributed by atoms with Gasteiger partial charge in [0.15, 0.2) is 0 Å². The van der Waals surface area contributed by atoms with Crippen molar-refractivity contribution in [3.63, 3.8) is 0 Å². The largest absolute Gasteiger partial charge is 0.480 e. The lowest BCUT2D eigenvalue weighted by Crippen LogP contribution is -2.32. The van der Waals surface area contributed by atoms with Crippen LogP contribution in [0.1, 0.15) is 5.82 Å². The van der Waals surface area contributed by atoms with E-state index < -0.39 is 12.0 Å². The number of nitrogens with two attached hydrogens (primary N) is 1. The van der Waals surface area contributed by atoms with Gasteiger partial charge in [0.2, 0.25) is 0 Å². The first-order chi connectivity index (χ1) is 8.66. The van der Waals surface area contributed by atoms with E-state index in [1.165, 1.54) is 0 Å². The standard InChI is InChI=1S/C12H12N4O2/c13-9(12(17)18)6-11-15-5-3-10(16-11)8-2-1-4-14-7-8/h1-5,7,9H,6,13H2,(H,17,18). The molecule has 1 unspecified atom stereocenters. The molecule has 0 aliphatic heterocycles. The minimum absolute atomic E-state index is 0.101. The molecule has 2 aromatic heterocycles. The van der Waals surface area contributed by atoms with Crippen LogP contribution in [0, 0.1) is 0 Å². The summed E-state index contributed by atoms with van der Waals surface area (Å²) in [6.07, 6.45) is 5.04. The molecule has 0 amide bonds. The summed E-state index contributed by atoms with van der Waals surface area (Å²) in [4.78, 5) is 23.0. The van der Waals surface area contributed by atoms with Crippen molar-refractivity contribution < 1.29 is 9.90 Å². The second-order valence-electron chi connectivity index (χ2n) is 3.75. The van der Waals surface area contributed by atoms with Crippen molar-refractivity contribution in [1.82, 2.24) is 15.0 Å². The Balaban J connectivity index is 2.23. The maximum Gasteiger partial charge on any atom is 0.320 e. The number of carboxylic acids is 1. The zero-order valence-corrected chi connectivity index (χ0v) is 9.52. The second kappa shape index (κ2) is 5.33. The Morgan fingerprint density at radius 2 is 2.22 bits per heavy atom. The Labute approximate surface area is 104 Å². The highest BCUT2D eigenvalue weighted by molar-refractivity contribution is 5.73. The molecule has 6 nitrogen and oxygen atoms in total. The minimum atomic E-state index is -1.06. The fraction of sp³-hybridized carbons (Fsp3) is 0.167. The lowest BCUT2D eigenvalue weighted by atomic mass is 10.2. The SMILES string of the molecule is NC(Cc1nccc(-c2cccnc2)n1)C(=O)O. The van der Waals surface area contributed by atoms with Crippen LogP contribution in [0.2, 0.25) is 0 Å². The predicted molar refractivity (Wildman–Crippen MR) is 64.6 cm³/mol. The number of carbonyl (C=O) groups is 1. The number of hydrogen-bond acceptors (Lipinski definition) is 5. The average Bonchev–Trinajstić information content (AvgIpc) is 2.40. The molecule has 2 aromatic rings. The van der Waals surface area contributed by atoms with Gasteiger partial charge in [0.25, 0.3) is 0 Å². The smallest absolute Gasteiger partial charge is 0.320 e. The molecule has 0 fully saturated rings. The molecule has 0 radical (unpaired) electrons. The van der Waals surface area contributed by atoms with Crippen LogP contribution in [0.3, 0.4) is 0 Å². The van der Waals surface area contributed by atoms with Crippen LogP contribution in [-0.2, 0) is 11.2 Å². The van der Waals surface area contributed by atoms with Crippen LogP contribution in [0.25, 0.3) is 11.3 Å². The van der Waals surface area contributed by atoms with Crippen LogP contribution < -0.4 is 5.73 Å². The van der Waals surface area contributed by atoms with E-state index in [1.807, 2.05) is 6.07 Å². The van der Waals surface area contributed by atoms with Crippen molar-refractivity contribution >= 4 is 5.97 Å². The third-order valence-corrected chi connectivity index (χ3v) is 2.38. The van der Waals surface area contributed by atoms with Gasteiger partial charge < -0.3 is 10.8 Å². The van der Waals surface area contributed by atoms with E-state index in [-0.39, 0.29) is 6.42 Å². The van der Waals surface area contributed by atoms with E-state index in [1.54, 1.807) is 30.7 Å². The highest BCUT2D eigenvalue weighted by Crippen LogP contribution is 2.14. The van der Waals surface area contributed by atoms with Gasteiger partial charge in [0, 0.05) is 30.6 Å². The number of nitrogens with zero attached hydrogens (tertiary/aromatic N) is 3. The second-order valence-corrected chi connectivity index (χ2v) is 3.75. The van der Waals surface area contributed by atoms with E-state index in [9.17, 15) is 4.79 Å². The van der Waals surface area contributed by atoms with E-state index in [2.05, 4.69) is 15.0 Å². The van der Waals surface area contributed by atoms with Crippen molar-refractivity contribution in [2.75, 3.05) is 0 Å². The number of aromatic nitrogens is 3. The van der Waals surface area contributed by atoms with Gasteiger partial charge in [-0.25, -0.2) is 9.97 Å². The van der Waals surface area contributed by atoms with Crippen LogP contribution >= 0.6 is 0 Å². The van der Waals surface area contributed by atoms with Gasteiger partial charge in [0.1, 0.15) is 11.9 Å². The third-order valence-electron chi connectivity index (χ3n) is 2.38.